The number of hydrogen-bond acceptors (Lipinski definition) is 5. The topological polar surface area (TPSA) is 78.5 Å². The third-order valence-electron chi connectivity index (χ3n) is 5.17. The highest BCUT2D eigenvalue weighted by molar-refractivity contribution is 7.17. The largest absolute Gasteiger partial charge is 0.354 e. The molecule has 1 aliphatic heterocycles. The second-order valence-corrected chi connectivity index (χ2v) is 8.32. The number of fused-ring (bicyclic) bond motifs is 1. The van der Waals surface area contributed by atoms with Gasteiger partial charge in [-0.15, -0.1) is 11.3 Å². The molecule has 0 radical (unpaired) electrons. The van der Waals surface area contributed by atoms with E-state index in [-0.39, 0.29) is 30.7 Å². The van der Waals surface area contributed by atoms with E-state index in [2.05, 4.69) is 10.6 Å². The molecule has 2 aromatic rings. The van der Waals surface area contributed by atoms with Gasteiger partial charge < -0.3 is 10.6 Å². The Labute approximate surface area is 167 Å². The maximum Gasteiger partial charge on any atom is 0.239 e. The van der Waals surface area contributed by atoms with Gasteiger partial charge in [0, 0.05) is 23.5 Å². The van der Waals surface area contributed by atoms with E-state index in [1.54, 1.807) is 0 Å². The lowest BCUT2D eigenvalue weighted by Gasteiger charge is -2.25. The van der Waals surface area contributed by atoms with E-state index in [1.807, 2.05) is 35.2 Å². The zero-order valence-corrected chi connectivity index (χ0v) is 16.4. The Morgan fingerprint density at radius 3 is 2.71 bits per heavy atom. The summed E-state index contributed by atoms with van der Waals surface area (Å²) in [5, 5.41) is 6.37. The number of anilines is 1. The van der Waals surface area contributed by atoms with Crippen molar-refractivity contribution >= 4 is 33.9 Å². The van der Waals surface area contributed by atoms with Gasteiger partial charge >= 0.3 is 0 Å². The Hall–Kier alpha value is -2.51. The van der Waals surface area contributed by atoms with E-state index < -0.39 is 0 Å². The number of carbonyl (C=O) groups excluding carboxylic acids is 3. The van der Waals surface area contributed by atoms with E-state index in [0.29, 0.717) is 29.2 Å². The summed E-state index contributed by atoms with van der Waals surface area (Å²) >= 11 is 1.53. The lowest BCUT2D eigenvalue weighted by molar-refractivity contribution is -0.125. The maximum atomic E-state index is 13.2. The first-order valence-electron chi connectivity index (χ1n) is 9.65. The second-order valence-electron chi connectivity index (χ2n) is 7.22. The normalized spacial score (nSPS) is 16.9. The minimum atomic E-state index is -0.185. The molecule has 28 heavy (non-hydrogen) atoms. The highest BCUT2D eigenvalue weighted by Crippen LogP contribution is 2.39. The molecule has 146 valence electrons. The molecule has 2 N–H and O–H groups in total. The lowest BCUT2D eigenvalue weighted by Crippen LogP contribution is -2.49. The van der Waals surface area contributed by atoms with Gasteiger partial charge in [-0.2, -0.15) is 0 Å². The summed E-state index contributed by atoms with van der Waals surface area (Å²) in [4.78, 5) is 40.4. The van der Waals surface area contributed by atoms with Crippen LogP contribution in [0, 0.1) is 0 Å². The Bertz CT molecular complexity index is 907. The van der Waals surface area contributed by atoms with Crippen LogP contribution >= 0.6 is 11.3 Å². The number of ketones is 1. The van der Waals surface area contributed by atoms with Gasteiger partial charge in [0.2, 0.25) is 11.8 Å². The Morgan fingerprint density at radius 1 is 1.14 bits per heavy atom. The van der Waals surface area contributed by atoms with Crippen molar-refractivity contribution < 1.29 is 14.4 Å². The molecule has 0 spiro atoms. The van der Waals surface area contributed by atoms with Crippen LogP contribution in [-0.4, -0.2) is 48.7 Å². The molecule has 0 saturated carbocycles. The number of nitrogens with one attached hydrogen (secondary N) is 2. The van der Waals surface area contributed by atoms with Crippen molar-refractivity contribution in [3.8, 4) is 0 Å². The van der Waals surface area contributed by atoms with Gasteiger partial charge in [-0.1, -0.05) is 30.3 Å². The first-order chi connectivity index (χ1) is 13.6. The molecule has 1 aromatic carbocycles. The lowest BCUT2D eigenvalue weighted by atomic mass is 9.92. The van der Waals surface area contributed by atoms with Gasteiger partial charge in [0.25, 0.3) is 0 Å². The number of benzene rings is 1. The smallest absolute Gasteiger partial charge is 0.239 e. The molecule has 0 atom stereocenters. The van der Waals surface area contributed by atoms with Crippen molar-refractivity contribution in [3.63, 3.8) is 0 Å². The number of rotatable bonds is 5. The number of amides is 2. The van der Waals surface area contributed by atoms with Crippen LogP contribution in [0.1, 0.15) is 39.2 Å². The summed E-state index contributed by atoms with van der Waals surface area (Å²) in [6, 6.07) is 9.22. The van der Waals surface area contributed by atoms with Crippen LogP contribution in [0.25, 0.3) is 0 Å². The molecular weight excluding hydrogens is 374 g/mol. The summed E-state index contributed by atoms with van der Waals surface area (Å²) in [5.74, 6) is -0.284. The summed E-state index contributed by atoms with van der Waals surface area (Å²) in [7, 11) is 0. The summed E-state index contributed by atoms with van der Waals surface area (Å²) < 4.78 is 0. The van der Waals surface area contributed by atoms with Crippen LogP contribution < -0.4 is 10.6 Å². The molecule has 2 amide bonds. The number of thiophene rings is 1. The average molecular weight is 398 g/mol. The van der Waals surface area contributed by atoms with Crippen molar-refractivity contribution in [2.24, 2.45) is 0 Å². The SMILES string of the molecule is O=C1CN(CC(=O)Nc2sc3c(c2C(=O)c2ccccc2)CCCC3)CCN1. The van der Waals surface area contributed by atoms with Crippen LogP contribution in [0.5, 0.6) is 0 Å². The van der Waals surface area contributed by atoms with E-state index in [0.717, 1.165) is 31.2 Å². The zero-order valence-electron chi connectivity index (χ0n) is 15.6. The van der Waals surface area contributed by atoms with E-state index in [1.165, 1.54) is 16.2 Å². The van der Waals surface area contributed by atoms with Gasteiger partial charge in [-0.05, 0) is 31.2 Å². The monoisotopic (exact) mass is 397 g/mol. The summed E-state index contributed by atoms with van der Waals surface area (Å²) in [6.07, 6.45) is 4.01. The van der Waals surface area contributed by atoms with E-state index in [9.17, 15) is 14.4 Å². The number of aryl methyl sites for hydroxylation is 1. The maximum absolute atomic E-state index is 13.2. The molecule has 0 bridgehead atoms. The molecule has 7 heteroatoms. The van der Waals surface area contributed by atoms with Crippen molar-refractivity contribution in [2.45, 2.75) is 25.7 Å². The molecule has 1 aromatic heterocycles. The van der Waals surface area contributed by atoms with Crippen LogP contribution in [0.15, 0.2) is 30.3 Å². The van der Waals surface area contributed by atoms with Crippen LogP contribution in [0.3, 0.4) is 0 Å². The van der Waals surface area contributed by atoms with Crippen molar-refractivity contribution in [1.82, 2.24) is 10.2 Å². The average Bonchev–Trinajstić information content (AvgIpc) is 3.05. The predicted molar refractivity (Wildman–Crippen MR) is 109 cm³/mol. The number of piperazine rings is 1. The van der Waals surface area contributed by atoms with E-state index >= 15 is 0 Å². The molecule has 2 heterocycles. The second kappa shape index (κ2) is 8.24. The van der Waals surface area contributed by atoms with Gasteiger partial charge in [-0.25, -0.2) is 0 Å². The Kier molecular flexibility index (Phi) is 5.54. The number of nitrogens with zero attached hydrogens (tertiary/aromatic N) is 1. The molecule has 6 nitrogen and oxygen atoms in total. The molecule has 1 saturated heterocycles. The molecule has 4 rings (SSSR count). The van der Waals surface area contributed by atoms with E-state index in [4.69, 9.17) is 0 Å². The molecular formula is C21H23N3O3S. The zero-order chi connectivity index (χ0) is 19.5. The number of carbonyl (C=O) groups is 3. The Morgan fingerprint density at radius 2 is 1.93 bits per heavy atom. The van der Waals surface area contributed by atoms with Crippen molar-refractivity contribution in [1.29, 1.82) is 0 Å². The van der Waals surface area contributed by atoms with Crippen LogP contribution in [0.4, 0.5) is 5.00 Å². The minimum absolute atomic E-state index is 0.0346. The van der Waals surface area contributed by atoms with Gasteiger partial charge in [0.05, 0.1) is 18.7 Å². The van der Waals surface area contributed by atoms with Crippen LogP contribution in [0.2, 0.25) is 0 Å². The third-order valence-corrected chi connectivity index (χ3v) is 6.38. The highest BCUT2D eigenvalue weighted by atomic mass is 32.1. The first kappa shape index (κ1) is 18.8. The molecule has 1 aliphatic carbocycles. The quantitative estimate of drug-likeness (QED) is 0.759. The van der Waals surface area contributed by atoms with Crippen molar-refractivity contribution in [3.05, 3.63) is 51.9 Å². The predicted octanol–water partition coefficient (Wildman–Crippen LogP) is 2.23. The van der Waals surface area contributed by atoms with Gasteiger partial charge in [-0.3, -0.25) is 19.3 Å². The summed E-state index contributed by atoms with van der Waals surface area (Å²) in [6.45, 7) is 1.58. The van der Waals surface area contributed by atoms with Gasteiger partial charge in [0.1, 0.15) is 5.00 Å². The van der Waals surface area contributed by atoms with Gasteiger partial charge in [0.15, 0.2) is 5.78 Å². The number of hydrogen-bond donors (Lipinski definition) is 2. The highest BCUT2D eigenvalue weighted by Gasteiger charge is 2.27. The standard InChI is InChI=1S/C21H23N3O3S/c25-17-12-24(11-10-22-17)13-18(26)23-21-19(15-8-4-5-9-16(15)28-21)20(27)14-6-2-1-3-7-14/h1-3,6-7H,4-5,8-13H2,(H,22,25)(H,23,26). The van der Waals surface area contributed by atoms with Crippen LogP contribution in [-0.2, 0) is 22.4 Å². The summed E-state index contributed by atoms with van der Waals surface area (Å²) in [5.41, 5.74) is 2.38. The van der Waals surface area contributed by atoms with Crippen molar-refractivity contribution in [2.75, 3.05) is 31.5 Å². The molecule has 1 fully saturated rings. The fourth-order valence-electron chi connectivity index (χ4n) is 3.82. The third kappa shape index (κ3) is 4.00. The Balaban J connectivity index is 1.58. The minimum Gasteiger partial charge on any atom is -0.354 e. The fourth-order valence-corrected chi connectivity index (χ4v) is 5.13. The first-order valence-corrected chi connectivity index (χ1v) is 10.5. The fraction of sp³-hybridized carbons (Fsp3) is 0.381. The molecule has 2 aliphatic rings. The molecule has 0 unspecified atom stereocenters.